The van der Waals surface area contributed by atoms with E-state index in [1.807, 2.05) is 37.3 Å². The number of methoxy groups -OCH3 is 2. The van der Waals surface area contributed by atoms with E-state index in [9.17, 15) is 9.90 Å². The lowest BCUT2D eigenvalue weighted by Gasteiger charge is -2.37. The number of ether oxygens (including phenoxy) is 3. The van der Waals surface area contributed by atoms with Gasteiger partial charge in [0, 0.05) is 10.0 Å². The van der Waals surface area contributed by atoms with Crippen molar-refractivity contribution in [3.63, 3.8) is 0 Å². The minimum Gasteiger partial charge on any atom is -0.494 e. The number of nitrogens with zero attached hydrogens (tertiary/aromatic N) is 1. The molecule has 0 bridgehead atoms. The summed E-state index contributed by atoms with van der Waals surface area (Å²) < 4.78 is 17.9. The summed E-state index contributed by atoms with van der Waals surface area (Å²) in [4.78, 5) is 13.8. The van der Waals surface area contributed by atoms with Crippen molar-refractivity contribution in [3.05, 3.63) is 52.0 Å². The van der Waals surface area contributed by atoms with Crippen LogP contribution < -0.4 is 14.2 Å². The summed E-state index contributed by atoms with van der Waals surface area (Å²) in [6.07, 6.45) is 1.24. The second-order valence-electron chi connectivity index (χ2n) is 7.28. The van der Waals surface area contributed by atoms with Gasteiger partial charge in [0.15, 0.2) is 11.5 Å². The normalized spacial score (nSPS) is 16.1. The first-order valence-corrected chi connectivity index (χ1v) is 10.9. The second kappa shape index (κ2) is 10.2. The van der Waals surface area contributed by atoms with Crippen molar-refractivity contribution < 1.29 is 24.1 Å². The summed E-state index contributed by atoms with van der Waals surface area (Å²) in [6, 6.07) is 11.9. The van der Waals surface area contributed by atoms with Crippen LogP contribution in [0.5, 0.6) is 17.2 Å². The SMILES string of the molecule is CCOc1ccc(Br)cc1C(c1ccc(OC)c(OC)c1)N1CCC(C(=O)O)CC1. The van der Waals surface area contributed by atoms with Gasteiger partial charge in [-0.15, -0.1) is 0 Å². The molecule has 6 nitrogen and oxygen atoms in total. The number of hydrogen-bond acceptors (Lipinski definition) is 5. The monoisotopic (exact) mass is 477 g/mol. The first-order chi connectivity index (χ1) is 14.5. The van der Waals surface area contributed by atoms with Crippen molar-refractivity contribution in [2.24, 2.45) is 5.92 Å². The Morgan fingerprint density at radius 3 is 2.37 bits per heavy atom. The second-order valence-corrected chi connectivity index (χ2v) is 8.20. The molecule has 0 saturated carbocycles. The van der Waals surface area contributed by atoms with Crippen molar-refractivity contribution in [3.8, 4) is 17.2 Å². The van der Waals surface area contributed by atoms with E-state index < -0.39 is 5.97 Å². The molecule has 30 heavy (non-hydrogen) atoms. The lowest BCUT2D eigenvalue weighted by molar-refractivity contribution is -0.143. The van der Waals surface area contributed by atoms with Gasteiger partial charge in [0.2, 0.25) is 0 Å². The van der Waals surface area contributed by atoms with Crippen LogP contribution in [0.15, 0.2) is 40.9 Å². The zero-order chi connectivity index (χ0) is 21.7. The number of benzene rings is 2. The van der Waals surface area contributed by atoms with Crippen LogP contribution in [0.1, 0.15) is 36.9 Å². The molecule has 0 aliphatic carbocycles. The maximum absolute atomic E-state index is 11.4. The van der Waals surface area contributed by atoms with Crippen molar-refractivity contribution in [1.82, 2.24) is 4.90 Å². The van der Waals surface area contributed by atoms with Gasteiger partial charge in [0.05, 0.1) is 32.8 Å². The topological polar surface area (TPSA) is 68.2 Å². The van der Waals surface area contributed by atoms with Gasteiger partial charge >= 0.3 is 5.97 Å². The first kappa shape index (κ1) is 22.4. The molecule has 162 valence electrons. The molecule has 1 fully saturated rings. The Morgan fingerprint density at radius 2 is 1.77 bits per heavy atom. The lowest BCUT2D eigenvalue weighted by Crippen LogP contribution is -2.39. The van der Waals surface area contributed by atoms with Crippen molar-refractivity contribution >= 4 is 21.9 Å². The Kier molecular flexibility index (Phi) is 7.61. The van der Waals surface area contributed by atoms with Crippen LogP contribution in [0.3, 0.4) is 0 Å². The predicted molar refractivity (Wildman–Crippen MR) is 119 cm³/mol. The molecule has 1 heterocycles. The molecule has 1 saturated heterocycles. The third-order valence-corrected chi connectivity index (χ3v) is 6.03. The molecular weight excluding hydrogens is 450 g/mol. The van der Waals surface area contributed by atoms with Gasteiger partial charge in [-0.1, -0.05) is 22.0 Å². The highest BCUT2D eigenvalue weighted by Gasteiger charge is 2.32. The fourth-order valence-electron chi connectivity index (χ4n) is 4.03. The van der Waals surface area contributed by atoms with E-state index in [4.69, 9.17) is 14.2 Å². The zero-order valence-corrected chi connectivity index (χ0v) is 19.1. The summed E-state index contributed by atoms with van der Waals surface area (Å²) >= 11 is 3.60. The molecule has 1 aliphatic heterocycles. The Balaban J connectivity index is 2.07. The van der Waals surface area contributed by atoms with E-state index in [1.165, 1.54) is 0 Å². The standard InChI is InChI=1S/C23H28BrNO5/c1-4-30-19-8-6-17(24)14-18(19)22(25-11-9-15(10-12-25)23(26)27)16-5-7-20(28-2)21(13-16)29-3/h5-8,13-15,22H,4,9-12H2,1-3H3,(H,26,27). The van der Waals surface area contributed by atoms with E-state index in [1.54, 1.807) is 14.2 Å². The Hall–Kier alpha value is -2.25. The van der Waals surface area contributed by atoms with Crippen molar-refractivity contribution in [1.29, 1.82) is 0 Å². The number of aliphatic carboxylic acids is 1. The van der Waals surface area contributed by atoms with Crippen molar-refractivity contribution in [2.75, 3.05) is 33.9 Å². The summed E-state index contributed by atoms with van der Waals surface area (Å²) in [5.74, 6) is 1.15. The molecule has 0 amide bonds. The average Bonchev–Trinajstić information content (AvgIpc) is 2.76. The van der Waals surface area contributed by atoms with Crippen molar-refractivity contribution in [2.45, 2.75) is 25.8 Å². The van der Waals surface area contributed by atoms with Crippen LogP contribution >= 0.6 is 15.9 Å². The number of carbonyl (C=O) groups is 1. The Morgan fingerprint density at radius 1 is 1.10 bits per heavy atom. The van der Waals surface area contributed by atoms with Gasteiger partial charge in [-0.05, 0) is 68.8 Å². The van der Waals surface area contributed by atoms with Crippen LogP contribution in [-0.4, -0.2) is 49.9 Å². The highest BCUT2D eigenvalue weighted by molar-refractivity contribution is 9.10. The zero-order valence-electron chi connectivity index (χ0n) is 17.6. The van der Waals surface area contributed by atoms with Crippen LogP contribution in [0.4, 0.5) is 0 Å². The molecule has 1 aliphatic rings. The Bertz CT molecular complexity index is 880. The lowest BCUT2D eigenvalue weighted by atomic mass is 9.90. The molecule has 0 spiro atoms. The van der Waals surface area contributed by atoms with Gasteiger partial charge in [-0.25, -0.2) is 0 Å². The summed E-state index contributed by atoms with van der Waals surface area (Å²) in [7, 11) is 3.24. The van der Waals surface area contributed by atoms with Crippen LogP contribution in [0, 0.1) is 5.92 Å². The quantitative estimate of drug-likeness (QED) is 0.591. The molecule has 3 rings (SSSR count). The van der Waals surface area contributed by atoms with E-state index in [2.05, 4.69) is 26.9 Å². The van der Waals surface area contributed by atoms with Crippen LogP contribution in [0.2, 0.25) is 0 Å². The van der Waals surface area contributed by atoms with E-state index in [0.717, 1.165) is 21.3 Å². The van der Waals surface area contributed by atoms with Crippen LogP contribution in [0.25, 0.3) is 0 Å². The number of carboxylic acid groups (broad SMARTS) is 1. The predicted octanol–water partition coefficient (Wildman–Crippen LogP) is 4.75. The molecule has 0 aromatic heterocycles. The summed E-state index contributed by atoms with van der Waals surface area (Å²) in [5, 5.41) is 9.40. The average molecular weight is 478 g/mol. The molecule has 1 atom stereocenters. The molecule has 1 unspecified atom stereocenters. The first-order valence-electron chi connectivity index (χ1n) is 10.1. The van der Waals surface area contributed by atoms with Crippen LogP contribution in [-0.2, 0) is 4.79 Å². The molecule has 2 aromatic carbocycles. The Labute approximate surface area is 185 Å². The van der Waals surface area contributed by atoms with E-state index >= 15 is 0 Å². The van der Waals surface area contributed by atoms with Gasteiger partial charge in [0.1, 0.15) is 5.75 Å². The fraction of sp³-hybridized carbons (Fsp3) is 0.435. The van der Waals surface area contributed by atoms with Gasteiger partial charge < -0.3 is 19.3 Å². The molecule has 2 aromatic rings. The summed E-state index contributed by atoms with van der Waals surface area (Å²) in [6.45, 7) is 3.91. The number of rotatable bonds is 8. The summed E-state index contributed by atoms with van der Waals surface area (Å²) in [5.41, 5.74) is 2.08. The highest BCUT2D eigenvalue weighted by atomic mass is 79.9. The van der Waals surface area contributed by atoms with Gasteiger partial charge in [0.25, 0.3) is 0 Å². The van der Waals surface area contributed by atoms with E-state index in [-0.39, 0.29) is 12.0 Å². The third kappa shape index (κ3) is 4.90. The van der Waals surface area contributed by atoms with Gasteiger partial charge in [-0.2, -0.15) is 0 Å². The number of carboxylic acids is 1. The number of halogens is 1. The minimum atomic E-state index is -0.713. The maximum atomic E-state index is 11.4. The molecule has 0 radical (unpaired) electrons. The number of piperidine rings is 1. The third-order valence-electron chi connectivity index (χ3n) is 5.53. The largest absolute Gasteiger partial charge is 0.494 e. The smallest absolute Gasteiger partial charge is 0.306 e. The number of hydrogen-bond donors (Lipinski definition) is 1. The van der Waals surface area contributed by atoms with Gasteiger partial charge in [-0.3, -0.25) is 9.69 Å². The fourth-order valence-corrected chi connectivity index (χ4v) is 4.41. The molecular formula is C23H28BrNO5. The highest BCUT2D eigenvalue weighted by Crippen LogP contribution is 2.41. The minimum absolute atomic E-state index is 0.0985. The van der Waals surface area contributed by atoms with E-state index in [0.29, 0.717) is 44.0 Å². The maximum Gasteiger partial charge on any atom is 0.306 e. The molecule has 1 N–H and O–H groups in total. The number of likely N-dealkylation sites (tertiary alicyclic amines) is 1. The molecule has 7 heteroatoms.